The van der Waals surface area contributed by atoms with Gasteiger partial charge in [-0.05, 0) is 30.4 Å². The standard InChI is InChI=1S/C13H19ClN2/c1-10-4-2-3-5-11(10)8-15-13-7-6-12(14)9-16-13/h6-7,9-11H,2-5,8H2,1H3,(H,15,16). The van der Waals surface area contributed by atoms with Gasteiger partial charge in [-0.3, -0.25) is 0 Å². The first-order valence-electron chi connectivity index (χ1n) is 6.11. The average molecular weight is 239 g/mol. The van der Waals surface area contributed by atoms with Crippen molar-refractivity contribution in [2.75, 3.05) is 11.9 Å². The highest BCUT2D eigenvalue weighted by atomic mass is 35.5. The van der Waals surface area contributed by atoms with Crippen molar-refractivity contribution in [2.45, 2.75) is 32.6 Å². The van der Waals surface area contributed by atoms with Crippen LogP contribution in [0.3, 0.4) is 0 Å². The molecule has 1 aromatic rings. The average Bonchev–Trinajstić information content (AvgIpc) is 2.30. The first-order valence-corrected chi connectivity index (χ1v) is 6.49. The molecule has 0 bridgehead atoms. The third-order valence-electron chi connectivity index (χ3n) is 3.56. The molecule has 2 unspecified atom stereocenters. The Morgan fingerprint density at radius 3 is 2.88 bits per heavy atom. The van der Waals surface area contributed by atoms with Crippen LogP contribution in [0.1, 0.15) is 32.6 Å². The molecule has 3 heteroatoms. The van der Waals surface area contributed by atoms with Crippen molar-refractivity contribution in [1.82, 2.24) is 4.98 Å². The summed E-state index contributed by atoms with van der Waals surface area (Å²) < 4.78 is 0. The molecule has 2 atom stereocenters. The molecule has 1 N–H and O–H groups in total. The summed E-state index contributed by atoms with van der Waals surface area (Å²) in [7, 11) is 0. The van der Waals surface area contributed by atoms with E-state index in [4.69, 9.17) is 11.6 Å². The zero-order valence-corrected chi connectivity index (χ0v) is 10.5. The Balaban J connectivity index is 1.84. The molecule has 1 heterocycles. The number of hydrogen-bond acceptors (Lipinski definition) is 2. The highest BCUT2D eigenvalue weighted by Crippen LogP contribution is 2.29. The van der Waals surface area contributed by atoms with Crippen LogP contribution in [0, 0.1) is 11.8 Å². The molecule has 1 aliphatic rings. The molecule has 1 saturated carbocycles. The number of nitrogens with one attached hydrogen (secondary N) is 1. The van der Waals surface area contributed by atoms with Gasteiger partial charge in [0.2, 0.25) is 0 Å². The van der Waals surface area contributed by atoms with Gasteiger partial charge < -0.3 is 5.32 Å². The minimum atomic E-state index is 0.691. The van der Waals surface area contributed by atoms with Crippen molar-refractivity contribution >= 4 is 17.4 Å². The topological polar surface area (TPSA) is 24.9 Å². The van der Waals surface area contributed by atoms with Gasteiger partial charge in [0.25, 0.3) is 0 Å². The summed E-state index contributed by atoms with van der Waals surface area (Å²) in [5, 5.41) is 4.09. The molecule has 0 radical (unpaired) electrons. The molecular formula is C13H19ClN2. The Morgan fingerprint density at radius 1 is 1.38 bits per heavy atom. The van der Waals surface area contributed by atoms with E-state index in [-0.39, 0.29) is 0 Å². The first kappa shape index (κ1) is 11.7. The summed E-state index contributed by atoms with van der Waals surface area (Å²) in [6, 6.07) is 3.82. The van der Waals surface area contributed by atoms with Gasteiger partial charge in [-0.1, -0.05) is 37.8 Å². The van der Waals surface area contributed by atoms with Crippen molar-refractivity contribution in [3.63, 3.8) is 0 Å². The van der Waals surface area contributed by atoms with E-state index in [1.54, 1.807) is 6.20 Å². The number of anilines is 1. The second-order valence-electron chi connectivity index (χ2n) is 4.76. The molecule has 1 aliphatic carbocycles. The van der Waals surface area contributed by atoms with Crippen molar-refractivity contribution in [2.24, 2.45) is 11.8 Å². The third kappa shape index (κ3) is 3.11. The summed E-state index contributed by atoms with van der Waals surface area (Å²) in [5.41, 5.74) is 0. The smallest absolute Gasteiger partial charge is 0.125 e. The Kier molecular flexibility index (Phi) is 4.05. The van der Waals surface area contributed by atoms with Crippen LogP contribution in [0.5, 0.6) is 0 Å². The second kappa shape index (κ2) is 5.53. The van der Waals surface area contributed by atoms with Gasteiger partial charge in [-0.2, -0.15) is 0 Å². The Morgan fingerprint density at radius 2 is 2.19 bits per heavy atom. The van der Waals surface area contributed by atoms with Crippen LogP contribution in [0.2, 0.25) is 5.02 Å². The van der Waals surface area contributed by atoms with E-state index in [2.05, 4.69) is 17.2 Å². The fourth-order valence-electron chi connectivity index (χ4n) is 2.41. The summed E-state index contributed by atoms with van der Waals surface area (Å²) >= 11 is 5.79. The largest absolute Gasteiger partial charge is 0.370 e. The first-order chi connectivity index (χ1) is 7.75. The molecule has 0 saturated heterocycles. The van der Waals surface area contributed by atoms with Crippen LogP contribution in [0.4, 0.5) is 5.82 Å². The maximum Gasteiger partial charge on any atom is 0.125 e. The molecule has 2 nitrogen and oxygen atoms in total. The Hall–Kier alpha value is -0.760. The molecule has 1 fully saturated rings. The summed E-state index contributed by atoms with van der Waals surface area (Å²) in [6.07, 6.45) is 7.19. The summed E-state index contributed by atoms with van der Waals surface area (Å²) in [5.74, 6) is 2.57. The minimum absolute atomic E-state index is 0.691. The molecule has 2 rings (SSSR count). The van der Waals surface area contributed by atoms with Crippen molar-refractivity contribution in [3.05, 3.63) is 23.4 Å². The Labute approximate surface area is 102 Å². The molecule has 0 amide bonds. The SMILES string of the molecule is CC1CCCCC1CNc1ccc(Cl)cn1. The molecule has 0 aliphatic heterocycles. The number of halogens is 1. The van der Waals surface area contributed by atoms with Crippen LogP contribution in [-0.4, -0.2) is 11.5 Å². The van der Waals surface area contributed by atoms with Crippen molar-refractivity contribution in [3.8, 4) is 0 Å². The number of hydrogen-bond donors (Lipinski definition) is 1. The lowest BCUT2D eigenvalue weighted by Crippen LogP contribution is -2.24. The van der Waals surface area contributed by atoms with Gasteiger partial charge in [0.15, 0.2) is 0 Å². The second-order valence-corrected chi connectivity index (χ2v) is 5.20. The van der Waals surface area contributed by atoms with E-state index in [1.165, 1.54) is 25.7 Å². The lowest BCUT2D eigenvalue weighted by Gasteiger charge is -2.28. The van der Waals surface area contributed by atoms with Crippen molar-refractivity contribution in [1.29, 1.82) is 0 Å². The Bertz CT molecular complexity index is 323. The van der Waals surface area contributed by atoms with Gasteiger partial charge in [-0.25, -0.2) is 4.98 Å². The van der Waals surface area contributed by atoms with E-state index in [0.717, 1.165) is 24.2 Å². The molecule has 1 aromatic heterocycles. The van der Waals surface area contributed by atoms with Crippen molar-refractivity contribution < 1.29 is 0 Å². The fraction of sp³-hybridized carbons (Fsp3) is 0.615. The quantitative estimate of drug-likeness (QED) is 0.862. The van der Waals surface area contributed by atoms with Crippen LogP contribution >= 0.6 is 11.6 Å². The maximum atomic E-state index is 5.79. The number of pyridine rings is 1. The summed E-state index contributed by atoms with van der Waals surface area (Å²) in [4.78, 5) is 4.24. The predicted octanol–water partition coefficient (Wildman–Crippen LogP) is 3.97. The van der Waals surface area contributed by atoms with Gasteiger partial charge >= 0.3 is 0 Å². The fourth-order valence-corrected chi connectivity index (χ4v) is 2.52. The van der Waals surface area contributed by atoms with Gasteiger partial charge in [-0.15, -0.1) is 0 Å². The van der Waals surface area contributed by atoms with Crippen LogP contribution < -0.4 is 5.32 Å². The van der Waals surface area contributed by atoms with Gasteiger partial charge in [0.05, 0.1) is 5.02 Å². The highest BCUT2D eigenvalue weighted by Gasteiger charge is 2.20. The molecule has 0 spiro atoms. The number of aromatic nitrogens is 1. The van der Waals surface area contributed by atoms with E-state index in [1.807, 2.05) is 12.1 Å². The van der Waals surface area contributed by atoms with Gasteiger partial charge in [0, 0.05) is 12.7 Å². The van der Waals surface area contributed by atoms with Crippen LogP contribution in [-0.2, 0) is 0 Å². The molecular weight excluding hydrogens is 220 g/mol. The zero-order valence-electron chi connectivity index (χ0n) is 9.75. The number of rotatable bonds is 3. The maximum absolute atomic E-state index is 5.79. The van der Waals surface area contributed by atoms with Crippen LogP contribution in [0.15, 0.2) is 18.3 Å². The molecule has 0 aromatic carbocycles. The zero-order chi connectivity index (χ0) is 11.4. The van der Waals surface area contributed by atoms with E-state index in [0.29, 0.717) is 5.02 Å². The lowest BCUT2D eigenvalue weighted by molar-refractivity contribution is 0.268. The van der Waals surface area contributed by atoms with Gasteiger partial charge in [0.1, 0.15) is 5.82 Å². The lowest BCUT2D eigenvalue weighted by atomic mass is 9.80. The predicted molar refractivity (Wildman–Crippen MR) is 68.9 cm³/mol. The molecule has 88 valence electrons. The highest BCUT2D eigenvalue weighted by molar-refractivity contribution is 6.30. The van der Waals surface area contributed by atoms with E-state index >= 15 is 0 Å². The molecule has 16 heavy (non-hydrogen) atoms. The third-order valence-corrected chi connectivity index (χ3v) is 3.79. The van der Waals surface area contributed by atoms with Crippen LogP contribution in [0.25, 0.3) is 0 Å². The van der Waals surface area contributed by atoms with E-state index in [9.17, 15) is 0 Å². The number of nitrogens with zero attached hydrogens (tertiary/aromatic N) is 1. The van der Waals surface area contributed by atoms with E-state index < -0.39 is 0 Å². The minimum Gasteiger partial charge on any atom is -0.370 e. The summed E-state index contributed by atoms with van der Waals surface area (Å²) in [6.45, 7) is 3.40. The monoisotopic (exact) mass is 238 g/mol. The normalized spacial score (nSPS) is 25.4.